The molecule has 0 bridgehead atoms. The highest BCUT2D eigenvalue weighted by Crippen LogP contribution is 2.15. The summed E-state index contributed by atoms with van der Waals surface area (Å²) in [5.74, 6) is -0.371. The standard InChI is InChI=1S/C20H29NO4/c1-15(20(24)25-4)12-13-18(22)17-10-7-9-16(14-17)8-5-6-11-19(23)21(2)3/h7,9-10,14-15H,5-6,8,11-13H2,1-4H3/t15-/m0/s1. The van der Waals surface area contributed by atoms with Crippen LogP contribution in [0.3, 0.4) is 0 Å². The Balaban J connectivity index is 2.47. The average Bonchev–Trinajstić information content (AvgIpc) is 2.62. The molecule has 1 aromatic carbocycles. The van der Waals surface area contributed by atoms with E-state index >= 15 is 0 Å². The Hall–Kier alpha value is -2.17. The summed E-state index contributed by atoms with van der Waals surface area (Å²) in [6, 6.07) is 7.61. The fourth-order valence-corrected chi connectivity index (χ4v) is 2.54. The third kappa shape index (κ3) is 7.50. The number of methoxy groups -OCH3 is 1. The predicted molar refractivity (Wildman–Crippen MR) is 97.4 cm³/mol. The first-order valence-electron chi connectivity index (χ1n) is 8.75. The van der Waals surface area contributed by atoms with Crippen molar-refractivity contribution in [3.63, 3.8) is 0 Å². The van der Waals surface area contributed by atoms with Crippen molar-refractivity contribution in [2.24, 2.45) is 5.92 Å². The van der Waals surface area contributed by atoms with Crippen molar-refractivity contribution in [3.05, 3.63) is 35.4 Å². The van der Waals surface area contributed by atoms with Crippen LogP contribution in [0.2, 0.25) is 0 Å². The molecule has 5 nitrogen and oxygen atoms in total. The topological polar surface area (TPSA) is 63.7 Å². The van der Waals surface area contributed by atoms with E-state index in [1.54, 1.807) is 25.9 Å². The second kappa shape index (κ2) is 10.6. The highest BCUT2D eigenvalue weighted by molar-refractivity contribution is 5.96. The van der Waals surface area contributed by atoms with Gasteiger partial charge in [0.25, 0.3) is 0 Å². The van der Waals surface area contributed by atoms with E-state index in [0.717, 1.165) is 24.8 Å². The van der Waals surface area contributed by atoms with Crippen molar-refractivity contribution in [1.82, 2.24) is 4.90 Å². The lowest BCUT2D eigenvalue weighted by Gasteiger charge is -2.10. The van der Waals surface area contributed by atoms with Gasteiger partial charge in [-0.25, -0.2) is 0 Å². The lowest BCUT2D eigenvalue weighted by Crippen LogP contribution is -2.21. The number of hydrogen-bond acceptors (Lipinski definition) is 4. The summed E-state index contributed by atoms with van der Waals surface area (Å²) >= 11 is 0. The van der Waals surface area contributed by atoms with Gasteiger partial charge in [-0.05, 0) is 37.3 Å². The molecule has 25 heavy (non-hydrogen) atoms. The number of aryl methyl sites for hydroxylation is 1. The molecule has 0 spiro atoms. The Morgan fingerprint density at radius 3 is 2.48 bits per heavy atom. The maximum Gasteiger partial charge on any atom is 0.308 e. The Morgan fingerprint density at radius 1 is 1.12 bits per heavy atom. The van der Waals surface area contributed by atoms with Crippen LogP contribution < -0.4 is 0 Å². The third-order valence-corrected chi connectivity index (χ3v) is 4.26. The molecule has 1 amide bonds. The van der Waals surface area contributed by atoms with Gasteiger partial charge in [0.1, 0.15) is 0 Å². The SMILES string of the molecule is COC(=O)[C@@H](C)CCC(=O)c1cccc(CCCCC(=O)N(C)C)c1. The molecule has 0 unspecified atom stereocenters. The molecule has 0 heterocycles. The minimum absolute atomic E-state index is 0.0420. The maximum atomic E-state index is 12.3. The van der Waals surface area contributed by atoms with Crippen LogP contribution in [0.25, 0.3) is 0 Å². The Morgan fingerprint density at radius 2 is 1.84 bits per heavy atom. The smallest absolute Gasteiger partial charge is 0.308 e. The number of amides is 1. The average molecular weight is 347 g/mol. The molecule has 0 N–H and O–H groups in total. The summed E-state index contributed by atoms with van der Waals surface area (Å²) in [7, 11) is 4.88. The van der Waals surface area contributed by atoms with E-state index in [9.17, 15) is 14.4 Å². The van der Waals surface area contributed by atoms with Crippen LogP contribution in [-0.2, 0) is 20.7 Å². The van der Waals surface area contributed by atoms with E-state index in [1.807, 2.05) is 24.3 Å². The van der Waals surface area contributed by atoms with Crippen molar-refractivity contribution >= 4 is 17.7 Å². The maximum absolute atomic E-state index is 12.3. The number of hydrogen-bond donors (Lipinski definition) is 0. The summed E-state index contributed by atoms with van der Waals surface area (Å²) in [5, 5.41) is 0. The van der Waals surface area contributed by atoms with Crippen LogP contribution in [0.1, 0.15) is 54.9 Å². The van der Waals surface area contributed by atoms with Crippen molar-refractivity contribution in [2.45, 2.75) is 45.4 Å². The number of carbonyl (C=O) groups excluding carboxylic acids is 3. The summed E-state index contributed by atoms with van der Waals surface area (Å²) in [6.07, 6.45) is 3.97. The number of nitrogens with zero attached hydrogens (tertiary/aromatic N) is 1. The molecule has 0 aliphatic carbocycles. The van der Waals surface area contributed by atoms with Crippen molar-refractivity contribution in [1.29, 1.82) is 0 Å². The van der Waals surface area contributed by atoms with Crippen molar-refractivity contribution in [3.8, 4) is 0 Å². The Kier molecular flexibility index (Phi) is 8.89. The van der Waals surface area contributed by atoms with Crippen LogP contribution in [0.4, 0.5) is 0 Å². The van der Waals surface area contributed by atoms with Crippen LogP contribution >= 0.6 is 0 Å². The molecule has 0 aliphatic heterocycles. The predicted octanol–water partition coefficient (Wildman–Crippen LogP) is 3.26. The van der Waals surface area contributed by atoms with Gasteiger partial charge in [-0.2, -0.15) is 0 Å². The van der Waals surface area contributed by atoms with E-state index in [0.29, 0.717) is 24.8 Å². The van der Waals surface area contributed by atoms with Crippen LogP contribution in [-0.4, -0.2) is 43.8 Å². The summed E-state index contributed by atoms with van der Waals surface area (Å²) in [5.41, 5.74) is 1.78. The van der Waals surface area contributed by atoms with Gasteiger partial charge < -0.3 is 9.64 Å². The lowest BCUT2D eigenvalue weighted by molar-refractivity contribution is -0.145. The molecule has 1 aromatic rings. The fraction of sp³-hybridized carbons (Fsp3) is 0.550. The van der Waals surface area contributed by atoms with E-state index in [1.165, 1.54) is 7.11 Å². The highest BCUT2D eigenvalue weighted by atomic mass is 16.5. The number of rotatable bonds is 10. The largest absolute Gasteiger partial charge is 0.469 e. The molecule has 0 aliphatic rings. The zero-order chi connectivity index (χ0) is 18.8. The fourth-order valence-electron chi connectivity index (χ4n) is 2.54. The molecule has 5 heteroatoms. The zero-order valence-corrected chi connectivity index (χ0v) is 15.7. The third-order valence-electron chi connectivity index (χ3n) is 4.26. The first kappa shape index (κ1) is 20.9. The number of unbranched alkanes of at least 4 members (excludes halogenated alkanes) is 1. The van der Waals surface area contributed by atoms with Crippen LogP contribution in [0, 0.1) is 5.92 Å². The van der Waals surface area contributed by atoms with Gasteiger partial charge in [0.15, 0.2) is 5.78 Å². The van der Waals surface area contributed by atoms with E-state index in [2.05, 4.69) is 4.74 Å². The molecule has 0 fully saturated rings. The minimum atomic E-state index is -0.283. The molecule has 1 rings (SSSR count). The van der Waals surface area contributed by atoms with E-state index in [4.69, 9.17) is 0 Å². The molecular weight excluding hydrogens is 318 g/mol. The minimum Gasteiger partial charge on any atom is -0.469 e. The van der Waals surface area contributed by atoms with E-state index in [-0.39, 0.29) is 23.6 Å². The van der Waals surface area contributed by atoms with E-state index < -0.39 is 0 Å². The first-order chi connectivity index (χ1) is 11.8. The van der Waals surface area contributed by atoms with Crippen molar-refractivity contribution in [2.75, 3.05) is 21.2 Å². The molecule has 0 radical (unpaired) electrons. The van der Waals surface area contributed by atoms with Crippen molar-refractivity contribution < 1.29 is 19.1 Å². The van der Waals surface area contributed by atoms with Gasteiger partial charge >= 0.3 is 5.97 Å². The number of benzene rings is 1. The summed E-state index contributed by atoms with van der Waals surface area (Å²) in [6.45, 7) is 1.77. The number of carbonyl (C=O) groups is 3. The van der Waals surface area contributed by atoms with Gasteiger partial charge in [-0.3, -0.25) is 14.4 Å². The monoisotopic (exact) mass is 347 g/mol. The zero-order valence-electron chi connectivity index (χ0n) is 15.7. The lowest BCUT2D eigenvalue weighted by atomic mass is 9.97. The van der Waals surface area contributed by atoms with Gasteiger partial charge in [0.2, 0.25) is 5.91 Å². The highest BCUT2D eigenvalue weighted by Gasteiger charge is 2.15. The molecular formula is C20H29NO4. The van der Waals surface area contributed by atoms with Gasteiger partial charge in [-0.15, -0.1) is 0 Å². The number of esters is 1. The summed E-state index contributed by atoms with van der Waals surface area (Å²) < 4.78 is 4.68. The number of ether oxygens (including phenoxy) is 1. The molecule has 1 atom stereocenters. The van der Waals surface area contributed by atoms with Gasteiger partial charge in [0, 0.05) is 32.5 Å². The molecule has 0 saturated carbocycles. The Bertz CT molecular complexity index is 595. The van der Waals surface area contributed by atoms with Crippen LogP contribution in [0.5, 0.6) is 0 Å². The van der Waals surface area contributed by atoms with Gasteiger partial charge in [-0.1, -0.05) is 25.1 Å². The second-order valence-electron chi connectivity index (χ2n) is 6.58. The normalized spacial score (nSPS) is 11.7. The first-order valence-corrected chi connectivity index (χ1v) is 8.75. The molecule has 0 aromatic heterocycles. The quantitative estimate of drug-likeness (QED) is 0.370. The number of Topliss-reactive ketones (excluding diaryl/α,β-unsaturated/α-hetero) is 1. The molecule has 0 saturated heterocycles. The van der Waals surface area contributed by atoms with Gasteiger partial charge in [0.05, 0.1) is 13.0 Å². The summed E-state index contributed by atoms with van der Waals surface area (Å²) in [4.78, 5) is 36.8. The molecule has 138 valence electrons. The Labute approximate surface area is 150 Å². The second-order valence-corrected chi connectivity index (χ2v) is 6.58. The van der Waals surface area contributed by atoms with Crippen LogP contribution in [0.15, 0.2) is 24.3 Å². The number of ketones is 1.